The number of allylic oxidation sites excluding steroid dienone is 10. The zero-order valence-corrected chi connectivity index (χ0v) is 14.2. The number of hydrogen-bond donors (Lipinski definition) is 1. The van der Waals surface area contributed by atoms with Gasteiger partial charge in [0.15, 0.2) is 0 Å². The highest BCUT2D eigenvalue weighted by Crippen LogP contribution is 2.40. The van der Waals surface area contributed by atoms with Crippen LogP contribution in [-0.4, -0.2) is 6.21 Å². The van der Waals surface area contributed by atoms with Crippen LogP contribution in [-0.2, 0) is 0 Å². The first kappa shape index (κ1) is 17.4. The zero-order chi connectivity index (χ0) is 15.9. The SMILES string of the molecule is CC1=C(/C=C/C(C)=C/C=C/C(C)=C/C=N)C(C)(C)CCC1. The Kier molecular flexibility index (Phi) is 6.61. The van der Waals surface area contributed by atoms with Crippen molar-refractivity contribution in [2.45, 2.75) is 53.9 Å². The standard InChI is InChI=1S/C20H29N/c1-16(8-6-9-17(2)13-15-21)11-12-19-18(3)10-7-14-20(19,4)5/h6,8-9,11-13,15,21H,7,10,14H2,1-5H3/b9-6+,12-11+,16-8+,17-13+,21-15?. The fourth-order valence-electron chi connectivity index (χ4n) is 2.82. The third-order valence-corrected chi connectivity index (χ3v) is 4.12. The van der Waals surface area contributed by atoms with E-state index in [9.17, 15) is 0 Å². The van der Waals surface area contributed by atoms with Crippen LogP contribution in [0.25, 0.3) is 0 Å². The van der Waals surface area contributed by atoms with Crippen molar-refractivity contribution in [2.75, 3.05) is 0 Å². The highest BCUT2D eigenvalue weighted by Gasteiger charge is 2.26. The minimum atomic E-state index is 0.304. The van der Waals surface area contributed by atoms with Crippen LogP contribution in [0.5, 0.6) is 0 Å². The van der Waals surface area contributed by atoms with E-state index in [-0.39, 0.29) is 0 Å². The third kappa shape index (κ3) is 5.71. The van der Waals surface area contributed by atoms with Crippen LogP contribution in [0.4, 0.5) is 0 Å². The predicted molar refractivity (Wildman–Crippen MR) is 94.9 cm³/mol. The maximum atomic E-state index is 7.02. The average Bonchev–Trinajstić information content (AvgIpc) is 2.37. The van der Waals surface area contributed by atoms with Gasteiger partial charge in [-0.15, -0.1) is 0 Å². The fourth-order valence-corrected chi connectivity index (χ4v) is 2.82. The highest BCUT2D eigenvalue weighted by atomic mass is 14.3. The lowest BCUT2D eigenvalue weighted by Crippen LogP contribution is -2.19. The summed E-state index contributed by atoms with van der Waals surface area (Å²) in [6.07, 6.45) is 17.6. The van der Waals surface area contributed by atoms with E-state index in [2.05, 4.69) is 45.9 Å². The van der Waals surface area contributed by atoms with Gasteiger partial charge in [-0.3, -0.25) is 0 Å². The molecular weight excluding hydrogens is 254 g/mol. The van der Waals surface area contributed by atoms with Gasteiger partial charge in [-0.2, -0.15) is 0 Å². The fraction of sp³-hybridized carbons (Fsp3) is 0.450. The summed E-state index contributed by atoms with van der Waals surface area (Å²) in [6.45, 7) is 11.1. The van der Waals surface area contributed by atoms with Gasteiger partial charge in [-0.25, -0.2) is 0 Å². The van der Waals surface area contributed by atoms with Crippen molar-refractivity contribution in [1.82, 2.24) is 0 Å². The molecule has 0 aromatic heterocycles. The second kappa shape index (κ2) is 7.97. The Morgan fingerprint density at radius 1 is 1.10 bits per heavy atom. The van der Waals surface area contributed by atoms with Crippen molar-refractivity contribution in [3.8, 4) is 0 Å². The Morgan fingerprint density at radius 3 is 2.38 bits per heavy atom. The van der Waals surface area contributed by atoms with Crippen molar-refractivity contribution in [1.29, 1.82) is 5.41 Å². The predicted octanol–water partition coefficient (Wildman–Crippen LogP) is 6.17. The molecule has 0 saturated carbocycles. The number of rotatable bonds is 5. The summed E-state index contributed by atoms with van der Waals surface area (Å²) >= 11 is 0. The Bertz CT molecular complexity index is 522. The van der Waals surface area contributed by atoms with Gasteiger partial charge >= 0.3 is 0 Å². The second-order valence-electron chi connectivity index (χ2n) is 6.61. The summed E-state index contributed by atoms with van der Waals surface area (Å²) < 4.78 is 0. The molecule has 1 rings (SSSR count). The van der Waals surface area contributed by atoms with Crippen LogP contribution < -0.4 is 0 Å². The van der Waals surface area contributed by atoms with Gasteiger partial charge in [-0.1, -0.05) is 55.4 Å². The molecule has 1 aliphatic rings. The second-order valence-corrected chi connectivity index (χ2v) is 6.61. The first-order valence-electron chi connectivity index (χ1n) is 7.77. The van der Waals surface area contributed by atoms with E-state index in [1.54, 1.807) is 6.08 Å². The zero-order valence-electron chi connectivity index (χ0n) is 14.2. The first-order valence-corrected chi connectivity index (χ1v) is 7.77. The van der Waals surface area contributed by atoms with E-state index < -0.39 is 0 Å². The quantitative estimate of drug-likeness (QED) is 0.461. The third-order valence-electron chi connectivity index (χ3n) is 4.12. The van der Waals surface area contributed by atoms with Gasteiger partial charge in [0.1, 0.15) is 0 Å². The maximum Gasteiger partial charge on any atom is 0.0180 e. The minimum Gasteiger partial charge on any atom is -0.309 e. The van der Waals surface area contributed by atoms with Gasteiger partial charge in [0.25, 0.3) is 0 Å². The van der Waals surface area contributed by atoms with Crippen LogP contribution in [0.15, 0.2) is 58.7 Å². The molecule has 21 heavy (non-hydrogen) atoms. The summed E-state index contributed by atoms with van der Waals surface area (Å²) in [4.78, 5) is 0. The van der Waals surface area contributed by atoms with E-state index in [0.29, 0.717) is 5.41 Å². The molecule has 1 aliphatic carbocycles. The molecular formula is C20H29N. The Morgan fingerprint density at radius 2 is 1.76 bits per heavy atom. The molecule has 0 aromatic carbocycles. The molecule has 1 nitrogen and oxygen atoms in total. The van der Waals surface area contributed by atoms with Crippen molar-refractivity contribution in [3.05, 3.63) is 58.7 Å². The van der Waals surface area contributed by atoms with E-state index >= 15 is 0 Å². The molecule has 114 valence electrons. The highest BCUT2D eigenvalue weighted by molar-refractivity contribution is 5.69. The van der Waals surface area contributed by atoms with Crippen molar-refractivity contribution >= 4 is 6.21 Å². The Labute approximate surface area is 130 Å². The molecule has 0 spiro atoms. The topological polar surface area (TPSA) is 23.9 Å². The minimum absolute atomic E-state index is 0.304. The van der Waals surface area contributed by atoms with Gasteiger partial charge < -0.3 is 5.41 Å². The van der Waals surface area contributed by atoms with Crippen LogP contribution in [0.1, 0.15) is 53.9 Å². The monoisotopic (exact) mass is 283 g/mol. The Hall–Kier alpha value is -1.63. The van der Waals surface area contributed by atoms with E-state index in [0.717, 1.165) is 5.57 Å². The van der Waals surface area contributed by atoms with Crippen LogP contribution in [0, 0.1) is 10.8 Å². The largest absolute Gasteiger partial charge is 0.309 e. The lowest BCUT2D eigenvalue weighted by molar-refractivity contribution is 0.377. The average molecular weight is 283 g/mol. The summed E-state index contributed by atoms with van der Waals surface area (Å²) in [5.41, 5.74) is 5.68. The number of hydrogen-bond acceptors (Lipinski definition) is 1. The smallest absolute Gasteiger partial charge is 0.0180 e. The van der Waals surface area contributed by atoms with Gasteiger partial charge in [0, 0.05) is 6.21 Å². The van der Waals surface area contributed by atoms with Crippen molar-refractivity contribution < 1.29 is 0 Å². The van der Waals surface area contributed by atoms with Crippen LogP contribution >= 0.6 is 0 Å². The number of nitrogens with one attached hydrogen (secondary N) is 1. The van der Waals surface area contributed by atoms with Gasteiger partial charge in [0.2, 0.25) is 0 Å². The molecule has 0 bridgehead atoms. The van der Waals surface area contributed by atoms with Crippen molar-refractivity contribution in [2.24, 2.45) is 5.41 Å². The Balaban J connectivity index is 2.80. The van der Waals surface area contributed by atoms with Gasteiger partial charge in [-0.05, 0) is 62.7 Å². The molecule has 0 heterocycles. The summed E-state index contributed by atoms with van der Waals surface area (Å²) in [5.74, 6) is 0. The van der Waals surface area contributed by atoms with Gasteiger partial charge in [0.05, 0.1) is 0 Å². The molecule has 0 atom stereocenters. The molecule has 0 fully saturated rings. The van der Waals surface area contributed by atoms with Crippen LogP contribution in [0.2, 0.25) is 0 Å². The molecule has 0 aliphatic heterocycles. The molecule has 0 aromatic rings. The van der Waals surface area contributed by atoms with E-state index in [1.165, 1.54) is 42.2 Å². The first-order chi connectivity index (χ1) is 9.86. The molecule has 0 unspecified atom stereocenters. The molecule has 0 saturated heterocycles. The summed E-state index contributed by atoms with van der Waals surface area (Å²) in [6, 6.07) is 0. The van der Waals surface area contributed by atoms with Crippen LogP contribution in [0.3, 0.4) is 0 Å². The molecule has 0 amide bonds. The molecule has 1 heteroatoms. The molecule has 0 radical (unpaired) electrons. The van der Waals surface area contributed by atoms with E-state index in [1.807, 2.05) is 19.1 Å². The van der Waals surface area contributed by atoms with Crippen molar-refractivity contribution in [3.63, 3.8) is 0 Å². The lowest BCUT2D eigenvalue weighted by Gasteiger charge is -2.32. The molecule has 1 N–H and O–H groups in total. The van der Waals surface area contributed by atoms with E-state index in [4.69, 9.17) is 5.41 Å². The summed E-state index contributed by atoms with van der Waals surface area (Å²) in [5, 5.41) is 7.02. The lowest BCUT2D eigenvalue weighted by atomic mass is 9.72. The maximum absolute atomic E-state index is 7.02. The summed E-state index contributed by atoms with van der Waals surface area (Å²) in [7, 11) is 0. The normalized spacial score (nSPS) is 20.6.